The summed E-state index contributed by atoms with van der Waals surface area (Å²) in [5.41, 5.74) is 1.55. The van der Waals surface area contributed by atoms with Gasteiger partial charge in [0.05, 0.1) is 12.6 Å². The number of likely N-dealkylation sites (tertiary alicyclic amines) is 1. The Morgan fingerprint density at radius 2 is 1.91 bits per heavy atom. The second kappa shape index (κ2) is 10.2. The van der Waals surface area contributed by atoms with Gasteiger partial charge >= 0.3 is 0 Å². The molecule has 0 atom stereocenters. The summed E-state index contributed by atoms with van der Waals surface area (Å²) in [5.74, 6) is 0.367. The molecule has 0 unspecified atom stereocenters. The third kappa shape index (κ3) is 6.18. The van der Waals surface area contributed by atoms with Gasteiger partial charge < -0.3 is 15.2 Å². The maximum atomic E-state index is 12.2. The molecule has 8 nitrogen and oxygen atoms in total. The van der Waals surface area contributed by atoms with Crippen LogP contribution < -0.4 is 10.6 Å². The number of carbonyl (C=O) groups is 2. The molecule has 1 saturated heterocycles. The number of aromatic nitrogens is 2. The number of alkyl halides is 3. The summed E-state index contributed by atoms with van der Waals surface area (Å²) in [6, 6.07) is 7.85. The van der Waals surface area contributed by atoms with Crippen LogP contribution in [0.4, 0.5) is 0 Å². The van der Waals surface area contributed by atoms with Crippen LogP contribution in [0.15, 0.2) is 28.8 Å². The van der Waals surface area contributed by atoms with Crippen molar-refractivity contribution in [2.75, 3.05) is 19.6 Å². The third-order valence-electron chi connectivity index (χ3n) is 6.23. The molecule has 178 valence electrons. The molecule has 1 aliphatic heterocycles. The fourth-order valence-electron chi connectivity index (χ4n) is 4.44. The number of hydrogen-bond acceptors (Lipinski definition) is 6. The van der Waals surface area contributed by atoms with E-state index in [1.807, 2.05) is 19.1 Å². The van der Waals surface area contributed by atoms with Gasteiger partial charge in [0.15, 0.2) is 5.82 Å². The van der Waals surface area contributed by atoms with Crippen molar-refractivity contribution in [3.8, 4) is 0 Å². The highest BCUT2D eigenvalue weighted by molar-refractivity contribution is 6.66. The third-order valence-corrected chi connectivity index (χ3v) is 6.71. The van der Waals surface area contributed by atoms with Crippen LogP contribution in [0.5, 0.6) is 0 Å². The lowest BCUT2D eigenvalue weighted by Crippen LogP contribution is -2.63. The minimum atomic E-state index is -1.71. The average molecular weight is 515 g/mol. The van der Waals surface area contributed by atoms with Gasteiger partial charge in [0.25, 0.3) is 15.6 Å². The number of benzene rings is 1. The van der Waals surface area contributed by atoms with Gasteiger partial charge in [-0.05, 0) is 44.7 Å². The van der Waals surface area contributed by atoms with E-state index in [1.165, 1.54) is 0 Å². The minimum Gasteiger partial charge on any atom is -0.349 e. The molecular weight excluding hydrogens is 489 g/mol. The van der Waals surface area contributed by atoms with E-state index in [1.54, 1.807) is 12.1 Å². The van der Waals surface area contributed by atoms with Gasteiger partial charge in [0.2, 0.25) is 5.91 Å². The van der Waals surface area contributed by atoms with E-state index in [4.69, 9.17) is 39.3 Å². The number of nitrogens with zero attached hydrogens (tertiary/aromatic N) is 3. The molecule has 1 aromatic heterocycles. The second-order valence-electron chi connectivity index (χ2n) is 8.73. The van der Waals surface area contributed by atoms with Crippen LogP contribution >= 0.6 is 34.8 Å². The zero-order valence-corrected chi connectivity index (χ0v) is 20.5. The number of amides is 2. The number of rotatable bonds is 6. The minimum absolute atomic E-state index is 0.000946. The molecule has 1 aromatic carbocycles. The van der Waals surface area contributed by atoms with E-state index in [9.17, 15) is 9.59 Å². The molecule has 11 heteroatoms. The topological polar surface area (TPSA) is 100 Å². The van der Waals surface area contributed by atoms with Crippen molar-refractivity contribution in [3.05, 3.63) is 47.1 Å². The largest absolute Gasteiger partial charge is 0.349 e. The summed E-state index contributed by atoms with van der Waals surface area (Å²) in [6.45, 7) is 3.51. The Kier molecular flexibility index (Phi) is 7.48. The summed E-state index contributed by atoms with van der Waals surface area (Å²) in [7, 11) is 0. The van der Waals surface area contributed by atoms with E-state index in [0.29, 0.717) is 17.4 Å². The summed E-state index contributed by atoms with van der Waals surface area (Å²) in [6.07, 6.45) is 3.88. The fraction of sp³-hybridized carbons (Fsp3) is 0.545. The lowest BCUT2D eigenvalue weighted by atomic mass is 9.83. The van der Waals surface area contributed by atoms with Crippen LogP contribution in [0.2, 0.25) is 0 Å². The first-order valence-electron chi connectivity index (χ1n) is 11.0. The van der Waals surface area contributed by atoms with E-state index in [2.05, 4.69) is 25.7 Å². The Morgan fingerprint density at radius 3 is 2.55 bits per heavy atom. The molecule has 2 heterocycles. The van der Waals surface area contributed by atoms with Crippen molar-refractivity contribution in [2.24, 2.45) is 0 Å². The Labute approximate surface area is 207 Å². The number of aryl methyl sites for hydroxylation is 1. The summed E-state index contributed by atoms with van der Waals surface area (Å²) >= 11 is 17.4. The molecule has 0 radical (unpaired) electrons. The monoisotopic (exact) mass is 513 g/mol. The van der Waals surface area contributed by atoms with Gasteiger partial charge in [-0.3, -0.25) is 14.5 Å². The first-order valence-corrected chi connectivity index (χ1v) is 12.1. The van der Waals surface area contributed by atoms with Gasteiger partial charge in [-0.25, -0.2) is 0 Å². The average Bonchev–Trinajstić information content (AvgIpc) is 3.25. The van der Waals surface area contributed by atoms with Crippen LogP contribution in [0.25, 0.3) is 0 Å². The molecule has 1 saturated carbocycles. The molecule has 33 heavy (non-hydrogen) atoms. The van der Waals surface area contributed by atoms with Crippen molar-refractivity contribution in [1.82, 2.24) is 25.7 Å². The van der Waals surface area contributed by atoms with Crippen molar-refractivity contribution in [1.29, 1.82) is 0 Å². The van der Waals surface area contributed by atoms with E-state index < -0.39 is 3.79 Å². The standard InChI is InChI=1S/C22H26Cl3N5O3/c1-13-3-2-4-15(9-13)20(32)26-10-18(31)27-16-11-30(12-16)17-7-5-14(6-8-17)19-28-21(33-29-19)22(23,24)25/h2-4,9,14,16-17H,5-8,10-12H2,1H3,(H,26,32)(H,27,31)/t14-,17+. The van der Waals surface area contributed by atoms with Crippen molar-refractivity contribution in [3.63, 3.8) is 0 Å². The van der Waals surface area contributed by atoms with Crippen molar-refractivity contribution < 1.29 is 14.1 Å². The SMILES string of the molecule is Cc1cccc(C(=O)NCC(=O)NC2CN([C@H]3CC[C@@H](c4noc(C(Cl)(Cl)Cl)n4)CC3)C2)c1. The number of nitrogens with one attached hydrogen (secondary N) is 2. The highest BCUT2D eigenvalue weighted by Gasteiger charge is 2.37. The van der Waals surface area contributed by atoms with Crippen LogP contribution in [0.1, 0.15) is 59.2 Å². The van der Waals surface area contributed by atoms with Crippen LogP contribution in [-0.4, -0.2) is 58.6 Å². The highest BCUT2D eigenvalue weighted by Crippen LogP contribution is 2.39. The summed E-state index contributed by atoms with van der Waals surface area (Å²) in [4.78, 5) is 31.0. The normalized spacial score (nSPS) is 21.9. The molecular formula is C22H26Cl3N5O3. The second-order valence-corrected chi connectivity index (χ2v) is 11.0. The zero-order chi connectivity index (χ0) is 23.6. The maximum Gasteiger partial charge on any atom is 0.278 e. The lowest BCUT2D eigenvalue weighted by molar-refractivity contribution is -0.122. The van der Waals surface area contributed by atoms with Gasteiger partial charge in [-0.15, -0.1) is 0 Å². The fourth-order valence-corrected chi connectivity index (χ4v) is 4.68. The Hall–Kier alpha value is -1.87. The van der Waals surface area contributed by atoms with Crippen LogP contribution in [0, 0.1) is 6.92 Å². The summed E-state index contributed by atoms with van der Waals surface area (Å²) in [5, 5.41) is 9.64. The van der Waals surface area contributed by atoms with E-state index in [-0.39, 0.29) is 36.2 Å². The summed E-state index contributed by atoms with van der Waals surface area (Å²) < 4.78 is 3.37. The van der Waals surface area contributed by atoms with Gasteiger partial charge in [0.1, 0.15) is 0 Å². The van der Waals surface area contributed by atoms with Gasteiger partial charge in [-0.2, -0.15) is 4.98 Å². The van der Waals surface area contributed by atoms with Crippen molar-refractivity contribution >= 4 is 46.6 Å². The zero-order valence-electron chi connectivity index (χ0n) is 18.2. The van der Waals surface area contributed by atoms with Crippen LogP contribution in [-0.2, 0) is 8.59 Å². The molecule has 1 aliphatic carbocycles. The van der Waals surface area contributed by atoms with Crippen LogP contribution in [0.3, 0.4) is 0 Å². The Bertz CT molecular complexity index is 995. The molecule has 2 N–H and O–H groups in total. The quantitative estimate of drug-likeness (QED) is 0.573. The molecule has 2 amide bonds. The highest BCUT2D eigenvalue weighted by atomic mass is 35.6. The molecule has 0 spiro atoms. The molecule has 2 fully saturated rings. The molecule has 0 bridgehead atoms. The number of halogens is 3. The Balaban J connectivity index is 1.15. The van der Waals surface area contributed by atoms with E-state index in [0.717, 1.165) is 44.3 Å². The predicted octanol–water partition coefficient (Wildman–Crippen LogP) is 3.46. The van der Waals surface area contributed by atoms with E-state index >= 15 is 0 Å². The molecule has 2 aliphatic rings. The predicted molar refractivity (Wildman–Crippen MR) is 126 cm³/mol. The maximum absolute atomic E-state index is 12.2. The number of carbonyl (C=O) groups excluding carboxylic acids is 2. The van der Waals surface area contributed by atoms with Crippen molar-refractivity contribution in [2.45, 2.75) is 54.4 Å². The molecule has 2 aromatic rings. The lowest BCUT2D eigenvalue weighted by Gasteiger charge is -2.46. The van der Waals surface area contributed by atoms with Gasteiger partial charge in [-0.1, -0.05) is 57.7 Å². The van der Waals surface area contributed by atoms with Gasteiger partial charge in [0, 0.05) is 30.6 Å². The number of hydrogen-bond donors (Lipinski definition) is 2. The Morgan fingerprint density at radius 1 is 1.18 bits per heavy atom. The smallest absolute Gasteiger partial charge is 0.278 e. The first-order chi connectivity index (χ1) is 15.7. The molecule has 4 rings (SSSR count). The first kappa shape index (κ1) is 24.3.